The Bertz CT molecular complexity index is 370. The molecule has 0 amide bonds. The van der Waals surface area contributed by atoms with E-state index in [1.807, 2.05) is 0 Å². The van der Waals surface area contributed by atoms with Crippen molar-refractivity contribution in [3.63, 3.8) is 0 Å². The highest BCUT2D eigenvalue weighted by Gasteiger charge is 2.32. The molecule has 0 heterocycles. The van der Waals surface area contributed by atoms with E-state index in [9.17, 15) is 0 Å². The summed E-state index contributed by atoms with van der Waals surface area (Å²) < 4.78 is 2.35. The highest BCUT2D eigenvalue weighted by atomic mass is 79.9. The third-order valence-electron chi connectivity index (χ3n) is 3.01. The summed E-state index contributed by atoms with van der Waals surface area (Å²) in [7, 11) is 0. The zero-order valence-electron chi connectivity index (χ0n) is 6.93. The standard InChI is InChI=1S/C11H8Br2/c12-10-4-8-6-1-2-7(3-6)9(8)5-11(10)13/h1-2,4-7H,3H2. The molecular formula is C11H8Br2. The Balaban J connectivity index is 2.25. The lowest BCUT2D eigenvalue weighted by Crippen LogP contribution is -1.92. The molecule has 2 heteroatoms. The van der Waals surface area contributed by atoms with Gasteiger partial charge in [-0.15, -0.1) is 0 Å². The Morgan fingerprint density at radius 2 is 1.38 bits per heavy atom. The van der Waals surface area contributed by atoms with Crippen LogP contribution in [-0.2, 0) is 0 Å². The smallest absolute Gasteiger partial charge is 0.0320 e. The third kappa shape index (κ3) is 1.08. The fraction of sp³-hybridized carbons (Fsp3) is 0.273. The van der Waals surface area contributed by atoms with Crippen molar-refractivity contribution >= 4 is 31.9 Å². The van der Waals surface area contributed by atoms with Crippen LogP contribution in [-0.4, -0.2) is 0 Å². The molecule has 0 fully saturated rings. The van der Waals surface area contributed by atoms with E-state index < -0.39 is 0 Å². The molecule has 0 aliphatic heterocycles. The molecular weight excluding hydrogens is 292 g/mol. The van der Waals surface area contributed by atoms with Gasteiger partial charge in [0.05, 0.1) is 0 Å². The molecule has 0 nitrogen and oxygen atoms in total. The Morgan fingerprint density at radius 1 is 0.923 bits per heavy atom. The molecule has 2 unspecified atom stereocenters. The molecule has 0 radical (unpaired) electrons. The number of benzene rings is 1. The summed E-state index contributed by atoms with van der Waals surface area (Å²) in [4.78, 5) is 0. The van der Waals surface area contributed by atoms with E-state index in [1.165, 1.54) is 26.5 Å². The van der Waals surface area contributed by atoms with Gasteiger partial charge in [0.1, 0.15) is 0 Å². The van der Waals surface area contributed by atoms with Crippen LogP contribution in [0, 0.1) is 0 Å². The molecule has 1 aromatic carbocycles. The molecule has 0 aromatic heterocycles. The molecule has 2 aliphatic rings. The lowest BCUT2D eigenvalue weighted by molar-refractivity contribution is 0.804. The summed E-state index contributed by atoms with van der Waals surface area (Å²) in [5.41, 5.74) is 3.03. The first-order valence-corrected chi connectivity index (χ1v) is 6.01. The third-order valence-corrected chi connectivity index (χ3v) is 4.85. The molecule has 0 saturated carbocycles. The van der Waals surface area contributed by atoms with Crippen LogP contribution in [0.15, 0.2) is 33.2 Å². The fourth-order valence-electron chi connectivity index (χ4n) is 2.38. The van der Waals surface area contributed by atoms with Gasteiger partial charge in [0.25, 0.3) is 0 Å². The van der Waals surface area contributed by atoms with E-state index in [0.29, 0.717) is 11.8 Å². The zero-order chi connectivity index (χ0) is 9.00. The first kappa shape index (κ1) is 8.25. The van der Waals surface area contributed by atoms with Crippen LogP contribution in [0.4, 0.5) is 0 Å². The van der Waals surface area contributed by atoms with Crippen molar-refractivity contribution in [1.29, 1.82) is 0 Å². The van der Waals surface area contributed by atoms with Gasteiger partial charge in [0.15, 0.2) is 0 Å². The molecule has 2 aliphatic carbocycles. The molecule has 0 saturated heterocycles. The average molecular weight is 300 g/mol. The van der Waals surface area contributed by atoms with Crippen molar-refractivity contribution < 1.29 is 0 Å². The number of hydrogen-bond donors (Lipinski definition) is 0. The predicted molar refractivity (Wildman–Crippen MR) is 61.1 cm³/mol. The lowest BCUT2D eigenvalue weighted by atomic mass is 9.97. The second kappa shape index (κ2) is 2.71. The van der Waals surface area contributed by atoms with E-state index in [4.69, 9.17) is 0 Å². The summed E-state index contributed by atoms with van der Waals surface area (Å²) in [5.74, 6) is 1.37. The maximum atomic E-state index is 3.55. The number of fused-ring (bicyclic) bond motifs is 5. The van der Waals surface area contributed by atoms with Gasteiger partial charge >= 0.3 is 0 Å². The quantitative estimate of drug-likeness (QED) is 0.625. The van der Waals surface area contributed by atoms with Crippen LogP contribution in [0.25, 0.3) is 0 Å². The van der Waals surface area contributed by atoms with Crippen molar-refractivity contribution in [1.82, 2.24) is 0 Å². The Labute approximate surface area is 94.3 Å². The molecule has 1 aromatic rings. The van der Waals surface area contributed by atoms with Gasteiger partial charge in [-0.25, -0.2) is 0 Å². The van der Waals surface area contributed by atoms with Crippen LogP contribution in [0.5, 0.6) is 0 Å². The second-order valence-corrected chi connectivity index (χ2v) is 5.44. The number of allylic oxidation sites excluding steroid dienone is 2. The van der Waals surface area contributed by atoms with Crippen LogP contribution < -0.4 is 0 Å². The zero-order valence-corrected chi connectivity index (χ0v) is 10.1. The van der Waals surface area contributed by atoms with Crippen LogP contribution in [0.1, 0.15) is 29.4 Å². The van der Waals surface area contributed by atoms with Gasteiger partial charge in [-0.2, -0.15) is 0 Å². The monoisotopic (exact) mass is 298 g/mol. The van der Waals surface area contributed by atoms with Crippen molar-refractivity contribution in [2.45, 2.75) is 18.3 Å². The van der Waals surface area contributed by atoms with E-state index in [-0.39, 0.29) is 0 Å². The topological polar surface area (TPSA) is 0 Å². The minimum absolute atomic E-state index is 0.685. The number of rotatable bonds is 0. The maximum absolute atomic E-state index is 3.55. The van der Waals surface area contributed by atoms with Crippen molar-refractivity contribution in [3.8, 4) is 0 Å². The van der Waals surface area contributed by atoms with Crippen molar-refractivity contribution in [2.24, 2.45) is 0 Å². The summed E-state index contributed by atoms with van der Waals surface area (Å²) in [5, 5.41) is 0. The van der Waals surface area contributed by atoms with Gasteiger partial charge in [-0.3, -0.25) is 0 Å². The molecule has 0 spiro atoms. The predicted octanol–water partition coefficient (Wildman–Crippen LogP) is 4.35. The first-order valence-electron chi connectivity index (χ1n) is 4.43. The fourth-order valence-corrected chi connectivity index (χ4v) is 3.10. The number of hydrogen-bond acceptors (Lipinski definition) is 0. The first-order chi connectivity index (χ1) is 6.25. The van der Waals surface area contributed by atoms with Crippen LogP contribution in [0.3, 0.4) is 0 Å². The Morgan fingerprint density at radius 3 is 1.85 bits per heavy atom. The van der Waals surface area contributed by atoms with E-state index in [0.717, 1.165) is 0 Å². The average Bonchev–Trinajstić information content (AvgIpc) is 2.67. The Kier molecular flexibility index (Phi) is 1.72. The van der Waals surface area contributed by atoms with Gasteiger partial charge in [-0.1, -0.05) is 12.2 Å². The minimum Gasteiger partial charge on any atom is -0.0804 e. The summed E-state index contributed by atoms with van der Waals surface area (Å²) in [6.45, 7) is 0. The second-order valence-electron chi connectivity index (χ2n) is 3.73. The highest BCUT2D eigenvalue weighted by Crippen LogP contribution is 2.50. The van der Waals surface area contributed by atoms with Crippen molar-refractivity contribution in [2.75, 3.05) is 0 Å². The largest absolute Gasteiger partial charge is 0.0804 e. The van der Waals surface area contributed by atoms with Crippen molar-refractivity contribution in [3.05, 3.63) is 44.4 Å². The van der Waals surface area contributed by atoms with E-state index >= 15 is 0 Å². The van der Waals surface area contributed by atoms with Crippen LogP contribution >= 0.6 is 31.9 Å². The van der Waals surface area contributed by atoms with Gasteiger partial charge in [-0.05, 0) is 61.5 Å². The van der Waals surface area contributed by atoms with Gasteiger partial charge in [0, 0.05) is 20.8 Å². The normalized spacial score (nSPS) is 28.2. The van der Waals surface area contributed by atoms with Gasteiger partial charge in [0.2, 0.25) is 0 Å². The highest BCUT2D eigenvalue weighted by molar-refractivity contribution is 9.13. The lowest BCUT2D eigenvalue weighted by Gasteiger charge is -2.11. The number of halogens is 2. The van der Waals surface area contributed by atoms with Crippen LogP contribution in [0.2, 0.25) is 0 Å². The van der Waals surface area contributed by atoms with Gasteiger partial charge < -0.3 is 0 Å². The summed E-state index contributed by atoms with van der Waals surface area (Å²) in [6, 6.07) is 4.52. The molecule has 2 atom stereocenters. The minimum atomic E-state index is 0.685. The van der Waals surface area contributed by atoms with E-state index in [1.54, 1.807) is 0 Å². The SMILES string of the molecule is Brc1cc2c(cc1Br)C1C=CC2C1. The molecule has 3 rings (SSSR count). The summed E-state index contributed by atoms with van der Waals surface area (Å²) in [6.07, 6.45) is 5.97. The maximum Gasteiger partial charge on any atom is 0.0320 e. The summed E-state index contributed by atoms with van der Waals surface area (Å²) >= 11 is 7.10. The molecule has 13 heavy (non-hydrogen) atoms. The Hall–Kier alpha value is -0.0800. The molecule has 2 bridgehead atoms. The van der Waals surface area contributed by atoms with E-state index in [2.05, 4.69) is 56.1 Å². The molecule has 0 N–H and O–H groups in total. The molecule has 66 valence electrons.